The molecule has 0 aromatic rings. The van der Waals surface area contributed by atoms with E-state index < -0.39 is 0 Å². The Morgan fingerprint density at radius 3 is 2.53 bits per heavy atom. The van der Waals surface area contributed by atoms with Crippen LogP contribution in [0, 0.1) is 11.3 Å². The van der Waals surface area contributed by atoms with Gasteiger partial charge in [-0.2, -0.15) is 0 Å². The molecule has 0 atom stereocenters. The van der Waals surface area contributed by atoms with Crippen LogP contribution in [0.3, 0.4) is 0 Å². The van der Waals surface area contributed by atoms with Crippen molar-refractivity contribution in [2.24, 2.45) is 11.3 Å². The lowest BCUT2D eigenvalue weighted by molar-refractivity contribution is 0.109. The van der Waals surface area contributed by atoms with E-state index in [-0.39, 0.29) is 12.0 Å². The lowest BCUT2D eigenvalue weighted by Gasteiger charge is -2.23. The largest absolute Gasteiger partial charge is 0.396 e. The van der Waals surface area contributed by atoms with Gasteiger partial charge < -0.3 is 15.2 Å². The van der Waals surface area contributed by atoms with Gasteiger partial charge in [0.05, 0.1) is 6.61 Å². The maximum absolute atomic E-state index is 8.85. The zero-order valence-corrected chi connectivity index (χ0v) is 10.7. The Bertz CT molecular complexity index is 147. The summed E-state index contributed by atoms with van der Waals surface area (Å²) in [6.45, 7) is 12.3. The summed E-state index contributed by atoms with van der Waals surface area (Å²) in [5.41, 5.74) is 0.173. The van der Waals surface area contributed by atoms with E-state index in [2.05, 4.69) is 33.0 Å². The van der Waals surface area contributed by atoms with Crippen LogP contribution in [0.2, 0.25) is 0 Å². The molecule has 0 saturated carbocycles. The first kappa shape index (κ1) is 14.9. The molecule has 0 aliphatic heterocycles. The number of aliphatic hydroxyl groups is 1. The van der Waals surface area contributed by atoms with Crippen LogP contribution in [-0.2, 0) is 4.74 Å². The Morgan fingerprint density at radius 1 is 1.33 bits per heavy atom. The van der Waals surface area contributed by atoms with E-state index in [0.29, 0.717) is 5.92 Å². The number of aliphatic hydroxyl groups excluding tert-OH is 1. The smallest absolute Gasteiger partial charge is 0.0591 e. The van der Waals surface area contributed by atoms with Crippen molar-refractivity contribution >= 4 is 0 Å². The molecule has 0 rings (SSSR count). The van der Waals surface area contributed by atoms with Crippen LogP contribution in [-0.4, -0.2) is 38.0 Å². The van der Waals surface area contributed by atoms with Crippen molar-refractivity contribution in [3.8, 4) is 0 Å². The second kappa shape index (κ2) is 8.08. The SMILES string of the molecule is CC(C)COCCNCC(C)(C)CCO. The van der Waals surface area contributed by atoms with Gasteiger partial charge in [0.1, 0.15) is 0 Å². The monoisotopic (exact) mass is 217 g/mol. The molecule has 0 heterocycles. The highest BCUT2D eigenvalue weighted by Gasteiger charge is 2.15. The molecular formula is C12H27NO2. The van der Waals surface area contributed by atoms with E-state index in [0.717, 1.165) is 32.7 Å². The van der Waals surface area contributed by atoms with Gasteiger partial charge in [-0.25, -0.2) is 0 Å². The lowest BCUT2D eigenvalue weighted by atomic mass is 9.90. The highest BCUT2D eigenvalue weighted by Crippen LogP contribution is 2.17. The number of hydrogen-bond donors (Lipinski definition) is 2. The third kappa shape index (κ3) is 10.2. The molecule has 0 radical (unpaired) electrons. The van der Waals surface area contributed by atoms with Crippen LogP contribution < -0.4 is 5.32 Å². The molecular weight excluding hydrogens is 190 g/mol. The van der Waals surface area contributed by atoms with E-state index in [4.69, 9.17) is 9.84 Å². The lowest BCUT2D eigenvalue weighted by Crippen LogP contribution is -2.32. The van der Waals surface area contributed by atoms with Gasteiger partial charge in [-0.15, -0.1) is 0 Å². The summed E-state index contributed by atoms with van der Waals surface area (Å²) >= 11 is 0. The Hall–Kier alpha value is -0.120. The normalized spacial score (nSPS) is 12.4. The minimum Gasteiger partial charge on any atom is -0.396 e. The summed E-state index contributed by atoms with van der Waals surface area (Å²) in [5.74, 6) is 0.607. The summed E-state index contributed by atoms with van der Waals surface area (Å²) in [4.78, 5) is 0. The van der Waals surface area contributed by atoms with Gasteiger partial charge in [0.15, 0.2) is 0 Å². The maximum atomic E-state index is 8.85. The molecule has 3 heteroatoms. The van der Waals surface area contributed by atoms with Crippen molar-refractivity contribution in [3.63, 3.8) is 0 Å². The predicted molar refractivity (Wildman–Crippen MR) is 64.0 cm³/mol. The minimum absolute atomic E-state index is 0.173. The summed E-state index contributed by atoms with van der Waals surface area (Å²) in [6, 6.07) is 0. The fourth-order valence-corrected chi connectivity index (χ4v) is 1.28. The second-order valence-corrected chi connectivity index (χ2v) is 5.28. The second-order valence-electron chi connectivity index (χ2n) is 5.28. The molecule has 15 heavy (non-hydrogen) atoms. The van der Waals surface area contributed by atoms with Crippen molar-refractivity contribution in [1.82, 2.24) is 5.32 Å². The number of ether oxygens (including phenoxy) is 1. The molecule has 92 valence electrons. The van der Waals surface area contributed by atoms with Gasteiger partial charge in [-0.3, -0.25) is 0 Å². The Kier molecular flexibility index (Phi) is 8.02. The van der Waals surface area contributed by atoms with Gasteiger partial charge in [-0.05, 0) is 17.8 Å². The molecule has 0 aromatic carbocycles. The predicted octanol–water partition coefficient (Wildman–Crippen LogP) is 1.66. The summed E-state index contributed by atoms with van der Waals surface area (Å²) in [5, 5.41) is 12.2. The average Bonchev–Trinajstić information content (AvgIpc) is 2.10. The fraction of sp³-hybridized carbons (Fsp3) is 1.00. The molecule has 0 aromatic heterocycles. The van der Waals surface area contributed by atoms with Crippen LogP contribution >= 0.6 is 0 Å². The van der Waals surface area contributed by atoms with E-state index in [9.17, 15) is 0 Å². The quantitative estimate of drug-likeness (QED) is 0.577. The molecule has 0 unspecified atom stereocenters. The minimum atomic E-state index is 0.173. The summed E-state index contributed by atoms with van der Waals surface area (Å²) in [7, 11) is 0. The molecule has 3 nitrogen and oxygen atoms in total. The van der Waals surface area contributed by atoms with Crippen LogP contribution in [0.5, 0.6) is 0 Å². The van der Waals surface area contributed by atoms with E-state index in [1.807, 2.05) is 0 Å². The number of rotatable bonds is 9. The van der Waals surface area contributed by atoms with Gasteiger partial charge >= 0.3 is 0 Å². The fourth-order valence-electron chi connectivity index (χ4n) is 1.28. The molecule has 0 aliphatic carbocycles. The van der Waals surface area contributed by atoms with Crippen LogP contribution in [0.4, 0.5) is 0 Å². The third-order valence-corrected chi connectivity index (χ3v) is 2.27. The number of nitrogens with one attached hydrogen (secondary N) is 1. The molecule has 2 N–H and O–H groups in total. The van der Waals surface area contributed by atoms with E-state index in [1.54, 1.807) is 0 Å². The molecule has 0 aliphatic rings. The maximum Gasteiger partial charge on any atom is 0.0591 e. The van der Waals surface area contributed by atoms with Crippen molar-refractivity contribution in [2.75, 3.05) is 32.9 Å². The van der Waals surface area contributed by atoms with Gasteiger partial charge in [0.25, 0.3) is 0 Å². The van der Waals surface area contributed by atoms with Crippen molar-refractivity contribution < 1.29 is 9.84 Å². The molecule has 0 amide bonds. The highest BCUT2D eigenvalue weighted by atomic mass is 16.5. The van der Waals surface area contributed by atoms with Gasteiger partial charge in [-0.1, -0.05) is 27.7 Å². The van der Waals surface area contributed by atoms with E-state index >= 15 is 0 Å². The summed E-state index contributed by atoms with van der Waals surface area (Å²) in [6.07, 6.45) is 0.840. The van der Waals surface area contributed by atoms with Crippen molar-refractivity contribution in [2.45, 2.75) is 34.1 Å². The first-order valence-electron chi connectivity index (χ1n) is 5.87. The molecule has 0 saturated heterocycles. The molecule has 0 spiro atoms. The van der Waals surface area contributed by atoms with Crippen LogP contribution in [0.15, 0.2) is 0 Å². The molecule has 0 bridgehead atoms. The average molecular weight is 217 g/mol. The van der Waals surface area contributed by atoms with Crippen LogP contribution in [0.25, 0.3) is 0 Å². The number of hydrogen-bond acceptors (Lipinski definition) is 3. The first-order valence-corrected chi connectivity index (χ1v) is 5.87. The summed E-state index contributed by atoms with van der Waals surface area (Å²) < 4.78 is 5.46. The Morgan fingerprint density at radius 2 is 2.00 bits per heavy atom. The zero-order chi connectivity index (χ0) is 11.7. The van der Waals surface area contributed by atoms with Crippen molar-refractivity contribution in [1.29, 1.82) is 0 Å². The zero-order valence-electron chi connectivity index (χ0n) is 10.7. The van der Waals surface area contributed by atoms with Gasteiger partial charge in [0.2, 0.25) is 0 Å². The third-order valence-electron chi connectivity index (χ3n) is 2.27. The first-order chi connectivity index (χ1) is 6.98. The Balaban J connectivity index is 3.30. The van der Waals surface area contributed by atoms with E-state index in [1.165, 1.54) is 0 Å². The molecule has 0 fully saturated rings. The standard InChI is InChI=1S/C12H27NO2/c1-11(2)9-15-8-6-13-10-12(3,4)5-7-14/h11,13-14H,5-10H2,1-4H3. The van der Waals surface area contributed by atoms with Crippen molar-refractivity contribution in [3.05, 3.63) is 0 Å². The van der Waals surface area contributed by atoms with Crippen LogP contribution in [0.1, 0.15) is 34.1 Å². The highest BCUT2D eigenvalue weighted by molar-refractivity contribution is 4.70. The Labute approximate surface area is 94.2 Å². The topological polar surface area (TPSA) is 41.5 Å². The van der Waals surface area contributed by atoms with Gasteiger partial charge in [0, 0.05) is 26.3 Å².